The molecule has 0 aliphatic heterocycles. The zero-order valence-electron chi connectivity index (χ0n) is 4.57. The lowest BCUT2D eigenvalue weighted by atomic mass is 10.4. The molecule has 0 aromatic carbocycles. The first-order valence-electron chi connectivity index (χ1n) is 1.94. The highest BCUT2D eigenvalue weighted by Gasteiger charge is 2.30. The van der Waals surface area contributed by atoms with Gasteiger partial charge in [-0.05, 0) is 6.92 Å². The lowest BCUT2D eigenvalue weighted by Crippen LogP contribution is -2.23. The van der Waals surface area contributed by atoms with Crippen LogP contribution in [0.4, 0.5) is 4.39 Å². The predicted molar refractivity (Wildman–Crippen MR) is 27.4 cm³/mol. The highest BCUT2D eigenvalue weighted by atomic mass is 35.5. The molecule has 0 aromatic rings. The number of hydrogen-bond donors (Lipinski definition) is 0. The van der Waals surface area contributed by atoms with Crippen molar-refractivity contribution in [3.05, 3.63) is 0 Å². The number of halogens is 2. The van der Waals surface area contributed by atoms with Crippen molar-refractivity contribution in [2.75, 3.05) is 7.11 Å². The van der Waals surface area contributed by atoms with E-state index in [4.69, 9.17) is 11.6 Å². The minimum atomic E-state index is -2.38. The van der Waals surface area contributed by atoms with Gasteiger partial charge in [0.2, 0.25) is 0 Å². The van der Waals surface area contributed by atoms with Crippen LogP contribution in [-0.4, -0.2) is 18.2 Å². The summed E-state index contributed by atoms with van der Waals surface area (Å²) in [6.45, 7) is 0.917. The average Bonchev–Trinajstić information content (AvgIpc) is 1.62. The molecule has 8 heavy (non-hydrogen) atoms. The van der Waals surface area contributed by atoms with Crippen LogP contribution in [0.1, 0.15) is 6.92 Å². The van der Waals surface area contributed by atoms with Crippen molar-refractivity contribution in [2.24, 2.45) is 0 Å². The summed E-state index contributed by atoms with van der Waals surface area (Å²) in [6.07, 6.45) is 0. The van der Waals surface area contributed by atoms with Gasteiger partial charge in [0.15, 0.2) is 0 Å². The van der Waals surface area contributed by atoms with Crippen LogP contribution in [-0.2, 0) is 9.53 Å². The number of rotatable bonds is 1. The first-order valence-corrected chi connectivity index (χ1v) is 2.32. The lowest BCUT2D eigenvalue weighted by molar-refractivity contribution is -0.148. The van der Waals surface area contributed by atoms with E-state index in [1.54, 1.807) is 0 Å². The molecule has 2 nitrogen and oxygen atoms in total. The largest absolute Gasteiger partial charge is 0.466 e. The van der Waals surface area contributed by atoms with Crippen LogP contribution in [0.3, 0.4) is 0 Å². The minimum Gasteiger partial charge on any atom is -0.466 e. The maximum atomic E-state index is 12.1. The molecule has 0 bridgehead atoms. The third-order valence-corrected chi connectivity index (χ3v) is 0.698. The molecular formula is C4H6ClFO2. The molecule has 0 saturated heterocycles. The molecule has 4 heteroatoms. The van der Waals surface area contributed by atoms with Gasteiger partial charge in [0.05, 0.1) is 7.11 Å². The number of alkyl halides is 2. The molecular weight excluding hydrogens is 134 g/mol. The van der Waals surface area contributed by atoms with Crippen molar-refractivity contribution >= 4 is 17.6 Å². The Morgan fingerprint density at radius 2 is 2.25 bits per heavy atom. The summed E-state index contributed by atoms with van der Waals surface area (Å²) in [6, 6.07) is 0. The van der Waals surface area contributed by atoms with E-state index in [-0.39, 0.29) is 0 Å². The number of hydrogen-bond acceptors (Lipinski definition) is 2. The molecule has 48 valence electrons. The summed E-state index contributed by atoms with van der Waals surface area (Å²) < 4.78 is 16.0. The standard InChI is InChI=1S/C4H6ClFO2/c1-4(5,6)3(7)8-2/h1-2H3. The second kappa shape index (κ2) is 2.31. The summed E-state index contributed by atoms with van der Waals surface area (Å²) in [5.74, 6) is -1.07. The van der Waals surface area contributed by atoms with Gasteiger partial charge < -0.3 is 4.74 Å². The summed E-state index contributed by atoms with van der Waals surface area (Å²) >= 11 is 4.84. The van der Waals surface area contributed by atoms with Gasteiger partial charge in [-0.1, -0.05) is 11.6 Å². The Morgan fingerprint density at radius 3 is 2.25 bits per heavy atom. The van der Waals surface area contributed by atoms with Gasteiger partial charge in [-0.25, -0.2) is 9.18 Å². The Labute approximate surface area is 51.6 Å². The molecule has 0 saturated carbocycles. The second-order valence-corrected chi connectivity index (χ2v) is 2.09. The molecule has 0 fully saturated rings. The molecule has 0 heterocycles. The van der Waals surface area contributed by atoms with Crippen LogP contribution < -0.4 is 0 Å². The quantitative estimate of drug-likeness (QED) is 0.403. The van der Waals surface area contributed by atoms with Crippen LogP contribution in [0.25, 0.3) is 0 Å². The Kier molecular flexibility index (Phi) is 2.22. The SMILES string of the molecule is COC(=O)C(C)(F)Cl. The number of carbonyl (C=O) groups excluding carboxylic acids is 1. The van der Waals surface area contributed by atoms with Gasteiger partial charge in [0, 0.05) is 0 Å². The van der Waals surface area contributed by atoms with E-state index in [9.17, 15) is 9.18 Å². The zero-order chi connectivity index (χ0) is 6.78. The Balaban J connectivity index is 3.82. The van der Waals surface area contributed by atoms with Crippen LogP contribution in [0.5, 0.6) is 0 Å². The Hall–Kier alpha value is -0.310. The molecule has 0 aromatic heterocycles. The van der Waals surface area contributed by atoms with Crippen molar-refractivity contribution in [1.29, 1.82) is 0 Å². The maximum Gasteiger partial charge on any atom is 0.359 e. The molecule has 0 aliphatic rings. The maximum absolute atomic E-state index is 12.1. The topological polar surface area (TPSA) is 26.3 Å². The van der Waals surface area contributed by atoms with Crippen molar-refractivity contribution in [1.82, 2.24) is 0 Å². The number of carbonyl (C=O) groups is 1. The van der Waals surface area contributed by atoms with Gasteiger partial charge in [0.1, 0.15) is 0 Å². The average molecular weight is 141 g/mol. The predicted octanol–water partition coefficient (Wildman–Crippen LogP) is 1.08. The molecule has 1 atom stereocenters. The zero-order valence-corrected chi connectivity index (χ0v) is 5.33. The molecule has 0 spiro atoms. The summed E-state index contributed by atoms with van der Waals surface area (Å²) in [5.41, 5.74) is 0. The van der Waals surface area contributed by atoms with Crippen LogP contribution >= 0.6 is 11.6 Å². The number of ether oxygens (including phenoxy) is 1. The van der Waals surface area contributed by atoms with E-state index in [0.29, 0.717) is 0 Å². The van der Waals surface area contributed by atoms with E-state index in [1.165, 1.54) is 0 Å². The van der Waals surface area contributed by atoms with Crippen molar-refractivity contribution in [3.63, 3.8) is 0 Å². The smallest absolute Gasteiger partial charge is 0.359 e. The van der Waals surface area contributed by atoms with Crippen molar-refractivity contribution < 1.29 is 13.9 Å². The first kappa shape index (κ1) is 7.69. The lowest BCUT2D eigenvalue weighted by Gasteiger charge is -2.06. The third kappa shape index (κ3) is 2.12. The summed E-state index contributed by atoms with van der Waals surface area (Å²) in [7, 11) is 1.07. The van der Waals surface area contributed by atoms with Crippen LogP contribution in [0, 0.1) is 0 Å². The van der Waals surface area contributed by atoms with Gasteiger partial charge in [-0.2, -0.15) is 0 Å². The number of esters is 1. The fourth-order valence-electron chi connectivity index (χ4n) is 0.179. The molecule has 0 aliphatic carbocycles. The van der Waals surface area contributed by atoms with E-state index in [0.717, 1.165) is 14.0 Å². The second-order valence-electron chi connectivity index (χ2n) is 1.38. The molecule has 0 radical (unpaired) electrons. The normalized spacial score (nSPS) is 17.0. The van der Waals surface area contributed by atoms with Gasteiger partial charge in [0.25, 0.3) is 5.13 Å². The van der Waals surface area contributed by atoms with E-state index in [1.807, 2.05) is 0 Å². The van der Waals surface area contributed by atoms with E-state index >= 15 is 0 Å². The molecule has 0 rings (SSSR count). The van der Waals surface area contributed by atoms with E-state index in [2.05, 4.69) is 4.74 Å². The van der Waals surface area contributed by atoms with Gasteiger partial charge in [-0.3, -0.25) is 0 Å². The highest BCUT2D eigenvalue weighted by Crippen LogP contribution is 2.16. The molecule has 0 amide bonds. The highest BCUT2D eigenvalue weighted by molar-refractivity contribution is 6.32. The van der Waals surface area contributed by atoms with Crippen molar-refractivity contribution in [3.8, 4) is 0 Å². The minimum absolute atomic E-state index is 0.917. The monoisotopic (exact) mass is 140 g/mol. The van der Waals surface area contributed by atoms with Crippen LogP contribution in [0.15, 0.2) is 0 Å². The summed E-state index contributed by atoms with van der Waals surface area (Å²) in [5, 5.41) is -2.38. The molecule has 1 unspecified atom stereocenters. The summed E-state index contributed by atoms with van der Waals surface area (Å²) in [4.78, 5) is 10.1. The van der Waals surface area contributed by atoms with Gasteiger partial charge >= 0.3 is 5.97 Å². The van der Waals surface area contributed by atoms with Gasteiger partial charge in [-0.15, -0.1) is 0 Å². The van der Waals surface area contributed by atoms with Crippen molar-refractivity contribution in [2.45, 2.75) is 12.1 Å². The fourth-order valence-corrected chi connectivity index (χ4v) is 0.256. The van der Waals surface area contributed by atoms with E-state index < -0.39 is 11.1 Å². The Bertz CT molecular complexity index is 96.7. The van der Waals surface area contributed by atoms with Crippen LogP contribution in [0.2, 0.25) is 0 Å². The third-order valence-electron chi connectivity index (χ3n) is 0.544. The molecule has 0 N–H and O–H groups in total. The number of methoxy groups -OCH3 is 1. The first-order chi connectivity index (χ1) is 3.48. The Morgan fingerprint density at radius 1 is 1.88 bits per heavy atom. The fraction of sp³-hybridized carbons (Fsp3) is 0.750.